The van der Waals surface area contributed by atoms with Gasteiger partial charge in [0.2, 0.25) is 21.8 Å². The Kier molecular flexibility index (Phi) is 14.2. The van der Waals surface area contributed by atoms with Crippen LogP contribution in [0.1, 0.15) is 90.4 Å². The molecule has 0 radical (unpaired) electrons. The lowest BCUT2D eigenvalue weighted by Gasteiger charge is -2.30. The smallest absolute Gasteiger partial charge is 0.251 e. The third-order valence-electron chi connectivity index (χ3n) is 9.62. The van der Waals surface area contributed by atoms with Crippen molar-refractivity contribution in [2.75, 3.05) is 24.2 Å². The second-order valence-electron chi connectivity index (χ2n) is 14.5. The molecule has 13 heteroatoms. The first-order chi connectivity index (χ1) is 25.0. The van der Waals surface area contributed by atoms with Crippen LogP contribution in [0.25, 0.3) is 0 Å². The molecular weight excluding hydrogens is 693 g/mol. The Labute approximate surface area is 313 Å². The van der Waals surface area contributed by atoms with Gasteiger partial charge < -0.3 is 26.6 Å². The lowest BCUT2D eigenvalue weighted by atomic mass is 9.92. The van der Waals surface area contributed by atoms with E-state index in [1.165, 1.54) is 25.2 Å². The zero-order valence-electron chi connectivity index (χ0n) is 31.7. The summed E-state index contributed by atoms with van der Waals surface area (Å²) in [6.07, 6.45) is 4.42. The number of aryl methyl sites for hydroxylation is 1. The Hall–Kier alpha value is -4.75. The first kappa shape index (κ1) is 41.0. The molecule has 3 aromatic rings. The van der Waals surface area contributed by atoms with E-state index < -0.39 is 40.0 Å². The predicted molar refractivity (Wildman–Crippen MR) is 208 cm³/mol. The van der Waals surface area contributed by atoms with Crippen molar-refractivity contribution in [3.8, 4) is 0 Å². The topological polar surface area (TPSA) is 166 Å². The highest BCUT2D eigenvalue weighted by Crippen LogP contribution is 2.23. The fraction of sp³-hybridized carbons (Fsp3) is 0.450. The number of carbonyl (C=O) groups excluding carboxylic acids is 4. The maximum Gasteiger partial charge on any atom is 0.251 e. The molecule has 1 saturated carbocycles. The van der Waals surface area contributed by atoms with E-state index in [9.17, 15) is 27.6 Å². The maximum atomic E-state index is 14.0. The lowest BCUT2D eigenvalue weighted by Crippen LogP contribution is -2.57. The number of nitrogens with zero attached hydrogens (tertiary/aromatic N) is 1. The Balaban J connectivity index is 1.53. The van der Waals surface area contributed by atoms with Crippen LogP contribution in [0.3, 0.4) is 0 Å². The van der Waals surface area contributed by atoms with Gasteiger partial charge in [-0.05, 0) is 81.7 Å². The number of anilines is 1. The Bertz CT molecular complexity index is 1860. The molecule has 0 spiro atoms. The number of rotatable bonds is 17. The highest BCUT2D eigenvalue weighted by atomic mass is 32.2. The minimum atomic E-state index is -3.73. The van der Waals surface area contributed by atoms with Crippen LogP contribution in [-0.2, 0) is 26.0 Å². The highest BCUT2D eigenvalue weighted by molar-refractivity contribution is 7.92. The van der Waals surface area contributed by atoms with E-state index >= 15 is 0 Å². The van der Waals surface area contributed by atoms with Gasteiger partial charge in [-0.1, -0.05) is 74.0 Å². The normalized spacial score (nSPS) is 15.3. The first-order valence-electron chi connectivity index (χ1n) is 18.2. The Morgan fingerprint density at radius 2 is 1.45 bits per heavy atom. The summed E-state index contributed by atoms with van der Waals surface area (Å²) < 4.78 is 26.1. The van der Waals surface area contributed by atoms with Crippen molar-refractivity contribution in [3.63, 3.8) is 0 Å². The number of carbonyl (C=O) groups is 4. The number of hydrogen-bond donors (Lipinski definition) is 5. The van der Waals surface area contributed by atoms with E-state index in [-0.39, 0.29) is 53.2 Å². The van der Waals surface area contributed by atoms with Crippen molar-refractivity contribution in [2.45, 2.75) is 90.5 Å². The van der Waals surface area contributed by atoms with Crippen LogP contribution in [-0.4, -0.2) is 76.1 Å². The van der Waals surface area contributed by atoms with Crippen LogP contribution in [0.5, 0.6) is 0 Å². The fourth-order valence-electron chi connectivity index (χ4n) is 5.96. The van der Waals surface area contributed by atoms with Crippen LogP contribution < -0.4 is 30.9 Å². The van der Waals surface area contributed by atoms with Crippen molar-refractivity contribution in [3.05, 3.63) is 101 Å². The summed E-state index contributed by atoms with van der Waals surface area (Å²) in [6.45, 7) is 9.48. The maximum absolute atomic E-state index is 14.0. The van der Waals surface area contributed by atoms with Crippen LogP contribution in [0.2, 0.25) is 0 Å². The van der Waals surface area contributed by atoms with Crippen molar-refractivity contribution >= 4 is 39.3 Å². The predicted octanol–water partition coefficient (Wildman–Crippen LogP) is 4.01. The van der Waals surface area contributed by atoms with Crippen molar-refractivity contribution in [1.82, 2.24) is 26.6 Å². The van der Waals surface area contributed by atoms with Crippen LogP contribution in [0.15, 0.2) is 72.8 Å². The molecule has 0 unspecified atom stereocenters. The average molecular weight is 747 g/mol. The van der Waals surface area contributed by atoms with Gasteiger partial charge in [-0.3, -0.25) is 23.5 Å². The van der Waals surface area contributed by atoms with E-state index in [2.05, 4.69) is 26.6 Å². The van der Waals surface area contributed by atoms with Crippen LogP contribution in [0, 0.1) is 12.8 Å². The molecule has 286 valence electrons. The van der Waals surface area contributed by atoms with Crippen LogP contribution >= 0.6 is 0 Å². The Morgan fingerprint density at radius 1 is 0.811 bits per heavy atom. The molecule has 0 aromatic heterocycles. The van der Waals surface area contributed by atoms with Crippen LogP contribution in [0.4, 0.5) is 5.69 Å². The molecule has 1 fully saturated rings. The number of sulfonamides is 1. The van der Waals surface area contributed by atoms with E-state index in [0.717, 1.165) is 46.5 Å². The molecule has 0 saturated heterocycles. The first-order valence-corrected chi connectivity index (χ1v) is 20.0. The van der Waals surface area contributed by atoms with E-state index in [1.807, 2.05) is 82.3 Å². The summed E-state index contributed by atoms with van der Waals surface area (Å²) >= 11 is 0. The van der Waals surface area contributed by atoms with Crippen molar-refractivity contribution in [2.24, 2.45) is 5.92 Å². The third-order valence-corrected chi connectivity index (χ3v) is 10.8. The molecule has 1 aliphatic rings. The second-order valence-corrected chi connectivity index (χ2v) is 16.5. The van der Waals surface area contributed by atoms with Gasteiger partial charge in [-0.2, -0.15) is 0 Å². The number of amides is 4. The zero-order valence-corrected chi connectivity index (χ0v) is 32.5. The Morgan fingerprint density at radius 3 is 2.02 bits per heavy atom. The molecule has 5 N–H and O–H groups in total. The standard InChI is InChI=1S/C40H54N6O6S/c1-25(2)36(40(50)43-33-17-12-18-33)45-37(47)28(5)41-24-34(20-29-14-9-8-10-15-29)44-39(49)32-21-31(22-35(23-32)46(6)53(7,51)52)38(48)42-27(4)30-16-11-13-26(3)19-30/h8-11,13-16,19,21-23,25,27-28,33-34,36,41H,12,17-18,20,24H2,1-7H3,(H,42,48)(H,43,50)(H,44,49)(H,45,47)/t27-,28+,34+,36+/m1/s1. The highest BCUT2D eigenvalue weighted by Gasteiger charge is 2.30. The number of hydrogen-bond acceptors (Lipinski definition) is 7. The molecule has 4 atom stereocenters. The summed E-state index contributed by atoms with van der Waals surface area (Å²) in [6, 6.07) is 19.5. The second kappa shape index (κ2) is 18.3. The van der Waals surface area contributed by atoms with Gasteiger partial charge in [0.25, 0.3) is 11.8 Å². The molecule has 3 aromatic carbocycles. The fourth-order valence-corrected chi connectivity index (χ4v) is 6.45. The average Bonchev–Trinajstić information content (AvgIpc) is 3.09. The number of benzene rings is 3. The molecule has 0 bridgehead atoms. The van der Waals surface area contributed by atoms with E-state index in [0.29, 0.717) is 6.42 Å². The molecule has 12 nitrogen and oxygen atoms in total. The molecule has 53 heavy (non-hydrogen) atoms. The zero-order chi connectivity index (χ0) is 38.9. The van der Waals surface area contributed by atoms with Gasteiger partial charge in [-0.25, -0.2) is 8.42 Å². The molecule has 1 aliphatic carbocycles. The molecule has 0 heterocycles. The van der Waals surface area contributed by atoms with Gasteiger partial charge in [0, 0.05) is 36.8 Å². The van der Waals surface area contributed by atoms with Gasteiger partial charge in [0.1, 0.15) is 6.04 Å². The minimum absolute atomic E-state index is 0.0902. The van der Waals surface area contributed by atoms with Crippen molar-refractivity contribution < 1.29 is 27.6 Å². The third kappa shape index (κ3) is 11.9. The minimum Gasteiger partial charge on any atom is -0.352 e. The van der Waals surface area contributed by atoms with E-state index in [1.54, 1.807) is 6.92 Å². The SMILES string of the molecule is Cc1cccc([C@@H](C)NC(=O)c2cc(C(=O)N[C@H](CN[C@@H](C)C(=O)N[C@H](C(=O)NC3CCC3)C(C)C)Cc3ccccc3)cc(N(C)S(C)(=O)=O)c2)c1. The van der Waals surface area contributed by atoms with Gasteiger partial charge >= 0.3 is 0 Å². The summed E-state index contributed by atoms with van der Waals surface area (Å²) in [5.74, 6) is -1.65. The van der Waals surface area contributed by atoms with Crippen molar-refractivity contribution in [1.29, 1.82) is 0 Å². The number of nitrogens with one attached hydrogen (secondary N) is 5. The summed E-state index contributed by atoms with van der Waals surface area (Å²) in [5.41, 5.74) is 3.24. The quantitative estimate of drug-likeness (QED) is 0.139. The summed E-state index contributed by atoms with van der Waals surface area (Å²) in [7, 11) is -2.37. The molecular formula is C40H54N6O6S. The molecule has 0 aliphatic heterocycles. The van der Waals surface area contributed by atoms with Gasteiger partial charge in [-0.15, -0.1) is 0 Å². The molecule has 4 amide bonds. The monoisotopic (exact) mass is 746 g/mol. The molecule has 4 rings (SSSR count). The van der Waals surface area contributed by atoms with E-state index in [4.69, 9.17) is 0 Å². The largest absolute Gasteiger partial charge is 0.352 e. The lowest BCUT2D eigenvalue weighted by molar-refractivity contribution is -0.131. The van der Waals surface area contributed by atoms with Gasteiger partial charge in [0.05, 0.1) is 24.0 Å². The van der Waals surface area contributed by atoms with Gasteiger partial charge in [0.15, 0.2) is 0 Å². The summed E-state index contributed by atoms with van der Waals surface area (Å²) in [4.78, 5) is 53.7. The summed E-state index contributed by atoms with van der Waals surface area (Å²) in [5, 5.41) is 15.1.